The van der Waals surface area contributed by atoms with Gasteiger partial charge in [0.1, 0.15) is 10.6 Å². The van der Waals surface area contributed by atoms with Crippen LogP contribution >= 0.6 is 22.9 Å². The quantitative estimate of drug-likeness (QED) is 0.491. The molecule has 2 amide bonds. The minimum Gasteiger partial charge on any atom is -0.506 e. The number of benzene rings is 2. The van der Waals surface area contributed by atoms with Crippen LogP contribution in [0.15, 0.2) is 60.0 Å². The Bertz CT molecular complexity index is 991. The largest absolute Gasteiger partial charge is 0.506 e. The van der Waals surface area contributed by atoms with Gasteiger partial charge < -0.3 is 20.8 Å². The van der Waals surface area contributed by atoms with Gasteiger partial charge in [-0.05, 0) is 35.2 Å². The maximum Gasteiger partial charge on any atom is 0.264 e. The second-order valence-corrected chi connectivity index (χ2v) is 7.23. The van der Waals surface area contributed by atoms with Crippen molar-refractivity contribution >= 4 is 40.4 Å². The number of carbonyl (C=O) groups is 2. The van der Waals surface area contributed by atoms with Gasteiger partial charge in [0.05, 0.1) is 23.4 Å². The standard InChI is InChI=1S/C20H17ClN2O4S/c21-14-10-13(6-7-17(14)25)19(26)22-15-8-9-28-18(15)20(27)23-16(11-24)12-4-2-1-3-5-12/h1-10,16,24-25H,11H2,(H,22,26)(H,23,27). The van der Waals surface area contributed by atoms with Crippen LogP contribution in [0, 0.1) is 0 Å². The number of phenolic OH excluding ortho intramolecular Hbond substituents is 1. The highest BCUT2D eigenvalue weighted by Crippen LogP contribution is 2.26. The van der Waals surface area contributed by atoms with Crippen molar-refractivity contribution in [3.63, 3.8) is 0 Å². The third kappa shape index (κ3) is 4.51. The minimum atomic E-state index is -0.560. The first kappa shape index (κ1) is 19.9. The molecule has 0 fully saturated rings. The predicted molar refractivity (Wildman–Crippen MR) is 109 cm³/mol. The zero-order valence-corrected chi connectivity index (χ0v) is 16.1. The van der Waals surface area contributed by atoms with Crippen molar-refractivity contribution in [3.05, 3.63) is 81.0 Å². The first-order chi connectivity index (χ1) is 13.5. The number of hydrogen-bond acceptors (Lipinski definition) is 5. The van der Waals surface area contributed by atoms with E-state index in [1.807, 2.05) is 30.3 Å². The van der Waals surface area contributed by atoms with Crippen LogP contribution in [0.2, 0.25) is 5.02 Å². The summed E-state index contributed by atoms with van der Waals surface area (Å²) in [5.74, 6) is -0.988. The molecule has 1 atom stereocenters. The van der Waals surface area contributed by atoms with Crippen molar-refractivity contribution in [2.45, 2.75) is 6.04 Å². The van der Waals surface area contributed by atoms with Gasteiger partial charge in [0.25, 0.3) is 11.8 Å². The van der Waals surface area contributed by atoms with Crippen molar-refractivity contribution in [3.8, 4) is 5.75 Å². The number of rotatable bonds is 6. The van der Waals surface area contributed by atoms with E-state index in [0.29, 0.717) is 10.6 Å². The lowest BCUT2D eigenvalue weighted by atomic mass is 10.1. The summed E-state index contributed by atoms with van der Waals surface area (Å²) in [7, 11) is 0. The van der Waals surface area contributed by atoms with E-state index in [1.165, 1.54) is 29.5 Å². The molecule has 3 rings (SSSR count). The Morgan fingerprint density at radius 3 is 2.50 bits per heavy atom. The maximum absolute atomic E-state index is 12.7. The van der Waals surface area contributed by atoms with Gasteiger partial charge in [0.2, 0.25) is 0 Å². The predicted octanol–water partition coefficient (Wildman–Crippen LogP) is 3.82. The highest BCUT2D eigenvalue weighted by Gasteiger charge is 2.20. The van der Waals surface area contributed by atoms with E-state index in [9.17, 15) is 19.8 Å². The lowest BCUT2D eigenvalue weighted by Crippen LogP contribution is -2.30. The number of thiophene rings is 1. The van der Waals surface area contributed by atoms with E-state index in [0.717, 1.165) is 5.56 Å². The number of halogens is 1. The fraction of sp³-hybridized carbons (Fsp3) is 0.100. The molecule has 0 aliphatic rings. The van der Waals surface area contributed by atoms with Crippen LogP contribution in [0.1, 0.15) is 31.6 Å². The van der Waals surface area contributed by atoms with Crippen LogP contribution in [0.25, 0.3) is 0 Å². The number of aliphatic hydroxyl groups excluding tert-OH is 1. The summed E-state index contributed by atoms with van der Waals surface area (Å²) < 4.78 is 0. The number of phenols is 1. The number of carbonyl (C=O) groups excluding carboxylic acids is 2. The Balaban J connectivity index is 1.74. The van der Waals surface area contributed by atoms with E-state index in [4.69, 9.17) is 11.6 Å². The lowest BCUT2D eigenvalue weighted by molar-refractivity contribution is 0.0921. The summed E-state index contributed by atoms with van der Waals surface area (Å²) in [6, 6.07) is 14.3. The normalized spacial score (nSPS) is 11.6. The van der Waals surface area contributed by atoms with Crippen LogP contribution in [-0.4, -0.2) is 28.6 Å². The number of aliphatic hydroxyl groups is 1. The zero-order valence-electron chi connectivity index (χ0n) is 14.6. The third-order valence-corrected chi connectivity index (χ3v) is 5.24. The van der Waals surface area contributed by atoms with E-state index >= 15 is 0 Å². The van der Waals surface area contributed by atoms with Crippen molar-refractivity contribution < 1.29 is 19.8 Å². The van der Waals surface area contributed by atoms with Gasteiger partial charge >= 0.3 is 0 Å². The van der Waals surface area contributed by atoms with Gasteiger partial charge in [0.15, 0.2) is 0 Å². The number of anilines is 1. The van der Waals surface area contributed by atoms with Crippen LogP contribution in [0.5, 0.6) is 5.75 Å². The molecule has 0 saturated heterocycles. The second kappa shape index (κ2) is 8.88. The van der Waals surface area contributed by atoms with Gasteiger partial charge in [-0.25, -0.2) is 0 Å². The third-order valence-electron chi connectivity index (χ3n) is 4.02. The first-order valence-electron chi connectivity index (χ1n) is 8.33. The molecular formula is C20H17ClN2O4S. The maximum atomic E-state index is 12.7. The summed E-state index contributed by atoms with van der Waals surface area (Å²) in [6.07, 6.45) is 0. The first-order valence-corrected chi connectivity index (χ1v) is 9.59. The van der Waals surface area contributed by atoms with Crippen molar-refractivity contribution in [1.82, 2.24) is 5.32 Å². The van der Waals surface area contributed by atoms with Crippen LogP contribution in [-0.2, 0) is 0 Å². The molecule has 0 spiro atoms. The molecule has 1 heterocycles. The smallest absolute Gasteiger partial charge is 0.264 e. The molecule has 0 aliphatic heterocycles. The summed E-state index contributed by atoms with van der Waals surface area (Å²) in [6.45, 7) is -0.255. The average molecular weight is 417 g/mol. The second-order valence-electron chi connectivity index (χ2n) is 5.90. The fourth-order valence-corrected chi connectivity index (χ4v) is 3.50. The summed E-state index contributed by atoms with van der Waals surface area (Å²) in [4.78, 5) is 25.4. The molecule has 0 saturated carbocycles. The van der Waals surface area contributed by atoms with Crippen LogP contribution in [0.4, 0.5) is 5.69 Å². The molecule has 4 N–H and O–H groups in total. The zero-order chi connectivity index (χ0) is 20.1. The molecule has 1 unspecified atom stereocenters. The number of hydrogen-bond donors (Lipinski definition) is 4. The summed E-state index contributed by atoms with van der Waals surface area (Å²) in [5.41, 5.74) is 1.37. The molecule has 0 radical (unpaired) electrons. The van der Waals surface area contributed by atoms with E-state index in [2.05, 4.69) is 10.6 Å². The van der Waals surface area contributed by atoms with E-state index in [1.54, 1.807) is 11.4 Å². The molecule has 3 aromatic rings. The highest BCUT2D eigenvalue weighted by atomic mass is 35.5. The molecular weight excluding hydrogens is 400 g/mol. The molecule has 2 aromatic carbocycles. The molecule has 0 bridgehead atoms. The molecule has 6 nitrogen and oxygen atoms in total. The number of nitrogens with one attached hydrogen (secondary N) is 2. The van der Waals surface area contributed by atoms with Gasteiger partial charge in [0, 0.05) is 5.56 Å². The summed E-state index contributed by atoms with van der Waals surface area (Å²) in [5, 5.41) is 26.3. The van der Waals surface area contributed by atoms with Gasteiger partial charge in [-0.3, -0.25) is 9.59 Å². The fourth-order valence-electron chi connectivity index (χ4n) is 2.57. The Kier molecular flexibility index (Phi) is 6.30. The lowest BCUT2D eigenvalue weighted by Gasteiger charge is -2.17. The van der Waals surface area contributed by atoms with Crippen LogP contribution < -0.4 is 10.6 Å². The topological polar surface area (TPSA) is 98.7 Å². The Morgan fingerprint density at radius 1 is 1.07 bits per heavy atom. The molecule has 8 heteroatoms. The molecule has 1 aromatic heterocycles. The Morgan fingerprint density at radius 2 is 1.82 bits per heavy atom. The van der Waals surface area contributed by atoms with Gasteiger partial charge in [-0.1, -0.05) is 41.9 Å². The Labute approximate surface area is 170 Å². The van der Waals surface area contributed by atoms with E-state index < -0.39 is 17.9 Å². The molecule has 28 heavy (non-hydrogen) atoms. The highest BCUT2D eigenvalue weighted by molar-refractivity contribution is 7.12. The average Bonchev–Trinajstić information content (AvgIpc) is 3.17. The van der Waals surface area contributed by atoms with Crippen molar-refractivity contribution in [2.75, 3.05) is 11.9 Å². The van der Waals surface area contributed by atoms with Gasteiger partial charge in [-0.15, -0.1) is 11.3 Å². The number of aromatic hydroxyl groups is 1. The minimum absolute atomic E-state index is 0.0598. The number of amides is 2. The monoisotopic (exact) mass is 416 g/mol. The SMILES string of the molecule is O=C(Nc1ccsc1C(=O)NC(CO)c1ccccc1)c1ccc(O)c(Cl)c1. The summed E-state index contributed by atoms with van der Waals surface area (Å²) >= 11 is 7.01. The van der Waals surface area contributed by atoms with Crippen molar-refractivity contribution in [2.24, 2.45) is 0 Å². The Hall–Kier alpha value is -2.87. The van der Waals surface area contributed by atoms with E-state index in [-0.39, 0.29) is 22.9 Å². The van der Waals surface area contributed by atoms with Crippen LogP contribution in [0.3, 0.4) is 0 Å². The van der Waals surface area contributed by atoms with Crippen molar-refractivity contribution in [1.29, 1.82) is 0 Å². The van der Waals surface area contributed by atoms with Gasteiger partial charge in [-0.2, -0.15) is 0 Å². The molecule has 144 valence electrons. The molecule has 0 aliphatic carbocycles.